The number of nitrogens with one attached hydrogen (secondary N) is 4. The van der Waals surface area contributed by atoms with Crippen LogP contribution in [0.3, 0.4) is 0 Å². The number of likely N-dealkylation sites (tertiary alicyclic amines) is 1. The molecular formula is C27H40N9O+. The van der Waals surface area contributed by atoms with Crippen molar-refractivity contribution in [2.75, 3.05) is 45.6 Å². The minimum Gasteiger partial charge on any atom is -0.331 e. The van der Waals surface area contributed by atoms with E-state index in [-0.39, 0.29) is 11.9 Å². The molecule has 10 nitrogen and oxygen atoms in total. The zero-order chi connectivity index (χ0) is 26.4. The van der Waals surface area contributed by atoms with Crippen molar-refractivity contribution >= 4 is 29.1 Å². The second-order valence-corrected chi connectivity index (χ2v) is 10.4. The molecule has 6 N–H and O–H groups in total. The second kappa shape index (κ2) is 12.2. The number of quaternary nitrogens is 1. The lowest BCUT2D eigenvalue weighted by atomic mass is 9.96. The molecule has 2 aliphatic rings. The van der Waals surface area contributed by atoms with Crippen LogP contribution in [0.1, 0.15) is 38.2 Å². The second-order valence-electron chi connectivity index (χ2n) is 10.4. The molecule has 0 spiro atoms. The summed E-state index contributed by atoms with van der Waals surface area (Å²) < 4.78 is 0. The van der Waals surface area contributed by atoms with Crippen LogP contribution in [0.4, 0.5) is 10.6 Å². The number of nitrogens with two attached hydrogens (primary N) is 1. The van der Waals surface area contributed by atoms with Crippen LogP contribution in [-0.2, 0) is 0 Å². The van der Waals surface area contributed by atoms with Crippen LogP contribution in [-0.4, -0.2) is 72.3 Å². The molecule has 37 heavy (non-hydrogen) atoms. The van der Waals surface area contributed by atoms with Gasteiger partial charge in [-0.05, 0) is 60.6 Å². The number of hydrogen-bond acceptors (Lipinski definition) is 7. The molecule has 2 aromatic heterocycles. The molecule has 1 unspecified atom stereocenters. The highest BCUT2D eigenvalue weighted by Gasteiger charge is 2.23. The fourth-order valence-electron chi connectivity index (χ4n) is 4.67. The van der Waals surface area contributed by atoms with Gasteiger partial charge in [0.15, 0.2) is 0 Å². The maximum absolute atomic E-state index is 12.1. The molecule has 198 valence electrons. The summed E-state index contributed by atoms with van der Waals surface area (Å²) in [6.07, 6.45) is 9.46. The standard InChI is InChI=1S/C27H39N9O/c1-18(2)20-12-26(34-31-17-20)33-25-6-5-23-24(32-25)11-21(16-30-23)22(13-28)15-29-14-19-7-9-36(10-8-19)27(37)35(3)4/h5-6,11-13,16-19,22,28-29,31,34H,7-10,14-15H2,1-4H3,(H,32,33)/p+1. The van der Waals surface area contributed by atoms with E-state index in [0.29, 0.717) is 18.4 Å². The molecule has 1 saturated heterocycles. The molecule has 0 saturated carbocycles. The van der Waals surface area contributed by atoms with Crippen molar-refractivity contribution in [1.82, 2.24) is 30.5 Å². The van der Waals surface area contributed by atoms with Crippen LogP contribution < -0.4 is 21.5 Å². The number of hydrogen-bond donors (Lipinski definition) is 5. The van der Waals surface area contributed by atoms with E-state index in [1.807, 2.05) is 40.9 Å². The topological polar surface area (TPSA) is 126 Å². The summed E-state index contributed by atoms with van der Waals surface area (Å²) >= 11 is 0. The Kier molecular flexibility index (Phi) is 8.73. The summed E-state index contributed by atoms with van der Waals surface area (Å²) in [5, 5.41) is 14.9. The molecule has 10 heteroatoms. The average molecular weight is 507 g/mol. The molecule has 2 amide bonds. The minimum atomic E-state index is -0.0805. The van der Waals surface area contributed by atoms with Gasteiger partial charge >= 0.3 is 6.03 Å². The van der Waals surface area contributed by atoms with E-state index < -0.39 is 0 Å². The Morgan fingerprint density at radius 1 is 1.30 bits per heavy atom. The lowest BCUT2D eigenvalue weighted by Crippen LogP contribution is -2.92. The fraction of sp³-hybridized carbons (Fsp3) is 0.481. The van der Waals surface area contributed by atoms with Crippen molar-refractivity contribution < 1.29 is 10.2 Å². The number of fused-ring (bicyclic) bond motifs is 1. The van der Waals surface area contributed by atoms with Crippen molar-refractivity contribution in [2.24, 2.45) is 11.8 Å². The summed E-state index contributed by atoms with van der Waals surface area (Å²) in [5.41, 5.74) is 8.95. The third-order valence-corrected chi connectivity index (χ3v) is 7.00. The summed E-state index contributed by atoms with van der Waals surface area (Å²) in [5.74, 6) is 2.60. The van der Waals surface area contributed by atoms with Gasteiger partial charge in [-0.3, -0.25) is 10.3 Å². The highest BCUT2D eigenvalue weighted by molar-refractivity contribution is 5.78. The Labute approximate surface area is 219 Å². The summed E-state index contributed by atoms with van der Waals surface area (Å²) in [4.78, 5) is 25.1. The number of allylic oxidation sites excluding steroid dienone is 2. The van der Waals surface area contributed by atoms with Crippen LogP contribution in [0, 0.1) is 17.2 Å². The largest absolute Gasteiger partial charge is 0.331 e. The molecule has 0 aliphatic carbocycles. The average Bonchev–Trinajstić information content (AvgIpc) is 2.91. The minimum absolute atomic E-state index is 0.0805. The van der Waals surface area contributed by atoms with Gasteiger partial charge in [0, 0.05) is 58.1 Å². The maximum atomic E-state index is 12.1. The van der Waals surface area contributed by atoms with Crippen LogP contribution >= 0.6 is 0 Å². The zero-order valence-corrected chi connectivity index (χ0v) is 22.3. The predicted octanol–water partition coefficient (Wildman–Crippen LogP) is 2.22. The van der Waals surface area contributed by atoms with Gasteiger partial charge in [-0.25, -0.2) is 15.2 Å². The summed E-state index contributed by atoms with van der Waals surface area (Å²) in [6.45, 7) is 7.49. The summed E-state index contributed by atoms with van der Waals surface area (Å²) in [6, 6.07) is 6.03. The van der Waals surface area contributed by atoms with Gasteiger partial charge in [0.05, 0.1) is 17.2 Å². The molecule has 0 bridgehead atoms. The van der Waals surface area contributed by atoms with Gasteiger partial charge in [0.1, 0.15) is 5.82 Å². The van der Waals surface area contributed by atoms with Crippen LogP contribution in [0.2, 0.25) is 0 Å². The van der Waals surface area contributed by atoms with E-state index in [1.165, 1.54) is 11.8 Å². The zero-order valence-electron chi connectivity index (χ0n) is 22.3. The first-order valence-corrected chi connectivity index (χ1v) is 13.1. The van der Waals surface area contributed by atoms with Gasteiger partial charge in [0.25, 0.3) is 0 Å². The van der Waals surface area contributed by atoms with Crippen molar-refractivity contribution in [3.05, 3.63) is 53.6 Å². The summed E-state index contributed by atoms with van der Waals surface area (Å²) in [7, 11) is 3.60. The molecule has 1 fully saturated rings. The highest BCUT2D eigenvalue weighted by atomic mass is 16.2. The molecule has 2 aromatic rings. The first kappa shape index (κ1) is 26.6. The number of nitrogens with zero attached hydrogens (tertiary/aromatic N) is 4. The maximum Gasteiger partial charge on any atom is 0.319 e. The normalized spacial score (nSPS) is 17.2. The molecule has 0 aromatic carbocycles. The monoisotopic (exact) mass is 506 g/mol. The van der Waals surface area contributed by atoms with Gasteiger partial charge in [-0.1, -0.05) is 13.8 Å². The SMILES string of the molecule is CC(C)C1=CN[NH2+]C(Nc2ccc3ncc(C(C=N)CNCC4CCN(C(=O)N(C)C)CC4)cc3n2)=C1. The fourth-order valence-corrected chi connectivity index (χ4v) is 4.67. The molecular weight excluding hydrogens is 466 g/mol. The smallest absolute Gasteiger partial charge is 0.319 e. The molecule has 1 atom stereocenters. The van der Waals surface area contributed by atoms with Crippen molar-refractivity contribution in [3.63, 3.8) is 0 Å². The molecule has 4 rings (SSSR count). The Balaban J connectivity index is 1.34. The van der Waals surface area contributed by atoms with E-state index in [2.05, 4.69) is 41.0 Å². The number of carbonyl (C=O) groups is 1. The van der Waals surface area contributed by atoms with E-state index >= 15 is 0 Å². The Bertz CT molecular complexity index is 1170. The Morgan fingerprint density at radius 3 is 2.78 bits per heavy atom. The van der Waals surface area contributed by atoms with E-state index in [0.717, 1.165) is 60.7 Å². The van der Waals surface area contributed by atoms with Crippen LogP contribution in [0.25, 0.3) is 11.0 Å². The first-order valence-electron chi connectivity index (χ1n) is 13.1. The number of rotatable bonds is 9. The number of aromatic nitrogens is 2. The first-order chi connectivity index (χ1) is 17.8. The van der Waals surface area contributed by atoms with Crippen molar-refractivity contribution in [2.45, 2.75) is 32.6 Å². The number of carbonyl (C=O) groups excluding carboxylic acids is 1. The van der Waals surface area contributed by atoms with Gasteiger partial charge in [0.2, 0.25) is 5.82 Å². The lowest BCUT2D eigenvalue weighted by Gasteiger charge is -2.33. The highest BCUT2D eigenvalue weighted by Crippen LogP contribution is 2.21. The van der Waals surface area contributed by atoms with Crippen LogP contribution in [0.15, 0.2) is 48.1 Å². The number of anilines is 1. The molecule has 0 radical (unpaired) electrons. The predicted molar refractivity (Wildman–Crippen MR) is 147 cm³/mol. The van der Waals surface area contributed by atoms with Crippen molar-refractivity contribution in [3.8, 4) is 0 Å². The van der Waals surface area contributed by atoms with E-state index in [9.17, 15) is 4.79 Å². The number of urea groups is 1. The van der Waals surface area contributed by atoms with Gasteiger partial charge < -0.3 is 20.5 Å². The van der Waals surface area contributed by atoms with E-state index in [4.69, 9.17) is 10.4 Å². The Morgan fingerprint density at radius 2 is 2.08 bits per heavy atom. The van der Waals surface area contributed by atoms with Gasteiger partial charge in [-0.15, -0.1) is 0 Å². The third-order valence-electron chi connectivity index (χ3n) is 7.00. The van der Waals surface area contributed by atoms with Crippen LogP contribution in [0.5, 0.6) is 0 Å². The molecule has 4 heterocycles. The van der Waals surface area contributed by atoms with Crippen molar-refractivity contribution in [1.29, 1.82) is 5.41 Å². The van der Waals surface area contributed by atoms with Gasteiger partial charge in [-0.2, -0.15) is 5.43 Å². The molecule has 2 aliphatic heterocycles. The van der Waals surface area contributed by atoms with E-state index in [1.54, 1.807) is 19.0 Å². The Hall–Kier alpha value is -3.50. The number of piperidine rings is 1. The number of amides is 2. The number of pyridine rings is 2. The third kappa shape index (κ3) is 6.84. The lowest BCUT2D eigenvalue weighted by molar-refractivity contribution is -0.656. The quantitative estimate of drug-likeness (QED) is 0.262.